The quantitative estimate of drug-likeness (QED) is 0.575. The topological polar surface area (TPSA) is 69.9 Å². The Kier molecular flexibility index (Phi) is 5.11. The van der Waals surface area contributed by atoms with E-state index in [0.717, 1.165) is 18.7 Å². The largest absolute Gasteiger partial charge is 0.497 e. The van der Waals surface area contributed by atoms with E-state index >= 15 is 0 Å². The Morgan fingerprint density at radius 2 is 2.10 bits per heavy atom. The maximum atomic E-state index is 12.1. The molecule has 1 heterocycles. The summed E-state index contributed by atoms with van der Waals surface area (Å²) in [4.78, 5) is 12.1. The molecule has 0 unspecified atom stereocenters. The zero-order valence-corrected chi connectivity index (χ0v) is 12.3. The number of ketones is 1. The minimum Gasteiger partial charge on any atom is -0.497 e. The second-order valence-corrected chi connectivity index (χ2v) is 5.07. The van der Waals surface area contributed by atoms with Crippen molar-refractivity contribution in [1.29, 1.82) is 0 Å². The van der Waals surface area contributed by atoms with Crippen molar-refractivity contribution in [3.63, 3.8) is 0 Å². The molecule has 1 aromatic carbocycles. The van der Waals surface area contributed by atoms with Crippen LogP contribution in [0.3, 0.4) is 0 Å². The fourth-order valence-corrected chi connectivity index (χ4v) is 2.44. The van der Waals surface area contributed by atoms with E-state index in [-0.39, 0.29) is 5.78 Å². The summed E-state index contributed by atoms with van der Waals surface area (Å²) in [5.74, 6) is 1.10. The van der Waals surface area contributed by atoms with E-state index in [1.807, 2.05) is 0 Å². The van der Waals surface area contributed by atoms with Crippen LogP contribution in [0.1, 0.15) is 23.7 Å². The van der Waals surface area contributed by atoms with E-state index in [0.29, 0.717) is 16.5 Å². The highest BCUT2D eigenvalue weighted by Gasteiger charge is 2.11. The van der Waals surface area contributed by atoms with Gasteiger partial charge in [-0.2, -0.15) is 0 Å². The first-order valence-electron chi connectivity index (χ1n) is 6.30. The van der Waals surface area contributed by atoms with Gasteiger partial charge in [0.2, 0.25) is 5.16 Å². The van der Waals surface area contributed by atoms with Crippen LogP contribution in [-0.4, -0.2) is 38.9 Å². The van der Waals surface area contributed by atoms with Crippen molar-refractivity contribution < 1.29 is 9.53 Å². The zero-order chi connectivity index (χ0) is 14.4. The summed E-state index contributed by atoms with van der Waals surface area (Å²) in [6.45, 7) is 2.81. The molecule has 0 saturated heterocycles. The van der Waals surface area contributed by atoms with Crippen molar-refractivity contribution in [3.8, 4) is 5.75 Å². The lowest BCUT2D eigenvalue weighted by Crippen LogP contribution is -2.06. The minimum absolute atomic E-state index is 0.0451. The van der Waals surface area contributed by atoms with Crippen molar-refractivity contribution in [2.45, 2.75) is 25.0 Å². The Labute approximate surface area is 121 Å². The standard InChI is InChI=1S/C13H16N4O2S/c1-3-8-17-13(14-15-16-17)20-9-12(18)10-4-6-11(19-2)7-5-10/h4-7H,3,8-9H2,1-2H3. The van der Waals surface area contributed by atoms with Gasteiger partial charge in [-0.3, -0.25) is 4.79 Å². The van der Waals surface area contributed by atoms with Crippen molar-refractivity contribution >= 4 is 17.5 Å². The molecule has 6 nitrogen and oxygen atoms in total. The van der Waals surface area contributed by atoms with Crippen LogP contribution in [0, 0.1) is 0 Å². The van der Waals surface area contributed by atoms with Crippen molar-refractivity contribution in [2.75, 3.05) is 12.9 Å². The number of nitrogens with zero attached hydrogens (tertiary/aromatic N) is 4. The molecule has 2 rings (SSSR count). The smallest absolute Gasteiger partial charge is 0.209 e. The predicted molar refractivity (Wildman–Crippen MR) is 76.2 cm³/mol. The van der Waals surface area contributed by atoms with Gasteiger partial charge in [-0.1, -0.05) is 18.7 Å². The van der Waals surface area contributed by atoms with E-state index in [9.17, 15) is 4.79 Å². The molecular formula is C13H16N4O2S. The molecule has 0 aliphatic heterocycles. The van der Waals surface area contributed by atoms with Gasteiger partial charge in [0.1, 0.15) is 5.75 Å². The number of benzene rings is 1. The highest BCUT2D eigenvalue weighted by atomic mass is 32.2. The third-order valence-electron chi connectivity index (χ3n) is 2.68. The van der Waals surface area contributed by atoms with E-state index in [1.165, 1.54) is 11.8 Å². The number of aryl methyl sites for hydroxylation is 1. The molecule has 0 radical (unpaired) electrons. The summed E-state index contributed by atoms with van der Waals surface area (Å²) in [5.41, 5.74) is 0.660. The summed E-state index contributed by atoms with van der Waals surface area (Å²) in [6.07, 6.45) is 0.949. The highest BCUT2D eigenvalue weighted by molar-refractivity contribution is 7.99. The number of thioether (sulfide) groups is 1. The molecule has 0 aliphatic rings. The van der Waals surface area contributed by atoms with Gasteiger partial charge in [0, 0.05) is 12.1 Å². The van der Waals surface area contributed by atoms with Crippen LogP contribution in [0.4, 0.5) is 0 Å². The molecule has 0 aliphatic carbocycles. The lowest BCUT2D eigenvalue weighted by Gasteiger charge is -2.03. The predicted octanol–water partition coefficient (Wildman–Crippen LogP) is 2.07. The maximum absolute atomic E-state index is 12.1. The Hall–Kier alpha value is -1.89. The lowest BCUT2D eigenvalue weighted by molar-refractivity contribution is 0.102. The molecule has 0 saturated carbocycles. The highest BCUT2D eigenvalue weighted by Crippen LogP contribution is 2.17. The average Bonchev–Trinajstić information content (AvgIpc) is 2.92. The summed E-state index contributed by atoms with van der Waals surface area (Å²) in [6, 6.07) is 7.07. The summed E-state index contributed by atoms with van der Waals surface area (Å²) in [7, 11) is 1.60. The van der Waals surface area contributed by atoms with Gasteiger partial charge in [-0.05, 0) is 41.1 Å². The van der Waals surface area contributed by atoms with Gasteiger partial charge in [-0.15, -0.1) is 5.10 Å². The van der Waals surface area contributed by atoms with Gasteiger partial charge >= 0.3 is 0 Å². The van der Waals surface area contributed by atoms with E-state index in [1.54, 1.807) is 36.1 Å². The SMILES string of the molecule is CCCn1nnnc1SCC(=O)c1ccc(OC)cc1. The molecular weight excluding hydrogens is 276 g/mol. The number of carbonyl (C=O) groups is 1. The normalized spacial score (nSPS) is 10.5. The third-order valence-corrected chi connectivity index (χ3v) is 3.64. The molecule has 0 N–H and O–H groups in total. The summed E-state index contributed by atoms with van der Waals surface area (Å²) in [5, 5.41) is 12.1. The fourth-order valence-electron chi connectivity index (χ4n) is 1.64. The van der Waals surface area contributed by atoms with Gasteiger partial charge in [0.15, 0.2) is 5.78 Å². The molecule has 0 fully saturated rings. The summed E-state index contributed by atoms with van der Waals surface area (Å²) >= 11 is 1.35. The van der Waals surface area contributed by atoms with Crippen LogP contribution in [0.2, 0.25) is 0 Å². The molecule has 106 valence electrons. The monoisotopic (exact) mass is 292 g/mol. The Balaban J connectivity index is 1.95. The van der Waals surface area contributed by atoms with Crippen LogP contribution in [0.5, 0.6) is 5.75 Å². The second-order valence-electron chi connectivity index (χ2n) is 4.12. The van der Waals surface area contributed by atoms with Crippen LogP contribution in [-0.2, 0) is 6.54 Å². The molecule has 1 aromatic heterocycles. The first-order chi connectivity index (χ1) is 9.74. The number of carbonyl (C=O) groups excluding carboxylic acids is 1. The number of tetrazole rings is 1. The number of Topliss-reactive ketones (excluding diaryl/α,β-unsaturated/α-hetero) is 1. The number of ether oxygens (including phenoxy) is 1. The molecule has 0 bridgehead atoms. The van der Waals surface area contributed by atoms with Gasteiger partial charge < -0.3 is 4.74 Å². The zero-order valence-electron chi connectivity index (χ0n) is 11.4. The average molecular weight is 292 g/mol. The molecule has 2 aromatic rings. The lowest BCUT2D eigenvalue weighted by atomic mass is 10.1. The number of hydrogen-bond donors (Lipinski definition) is 0. The number of hydrogen-bond acceptors (Lipinski definition) is 6. The molecule has 7 heteroatoms. The Morgan fingerprint density at radius 1 is 1.35 bits per heavy atom. The molecule has 0 spiro atoms. The van der Waals surface area contributed by atoms with Crippen molar-refractivity contribution in [1.82, 2.24) is 20.2 Å². The van der Waals surface area contributed by atoms with E-state index < -0.39 is 0 Å². The van der Waals surface area contributed by atoms with Crippen molar-refractivity contribution in [2.24, 2.45) is 0 Å². The van der Waals surface area contributed by atoms with Crippen LogP contribution in [0.15, 0.2) is 29.4 Å². The van der Waals surface area contributed by atoms with Gasteiger partial charge in [-0.25, -0.2) is 4.68 Å². The Morgan fingerprint density at radius 3 is 2.75 bits per heavy atom. The maximum Gasteiger partial charge on any atom is 0.209 e. The van der Waals surface area contributed by atoms with Gasteiger partial charge in [0.25, 0.3) is 0 Å². The Bertz CT molecular complexity index is 568. The minimum atomic E-state index is 0.0451. The van der Waals surface area contributed by atoms with Gasteiger partial charge in [0.05, 0.1) is 12.9 Å². The molecule has 0 amide bonds. The van der Waals surface area contributed by atoms with E-state index in [4.69, 9.17) is 4.74 Å². The second kappa shape index (κ2) is 7.04. The third kappa shape index (κ3) is 3.57. The van der Waals surface area contributed by atoms with Crippen LogP contribution < -0.4 is 4.74 Å². The van der Waals surface area contributed by atoms with E-state index in [2.05, 4.69) is 22.4 Å². The summed E-state index contributed by atoms with van der Waals surface area (Å²) < 4.78 is 6.78. The molecule has 20 heavy (non-hydrogen) atoms. The number of aromatic nitrogens is 4. The first-order valence-corrected chi connectivity index (χ1v) is 7.29. The van der Waals surface area contributed by atoms with Crippen LogP contribution >= 0.6 is 11.8 Å². The number of methoxy groups -OCH3 is 1. The van der Waals surface area contributed by atoms with Crippen molar-refractivity contribution in [3.05, 3.63) is 29.8 Å². The molecule has 0 atom stereocenters. The number of rotatable bonds is 7. The first kappa shape index (κ1) is 14.5. The fraction of sp³-hybridized carbons (Fsp3) is 0.385. The van der Waals surface area contributed by atoms with Crippen LogP contribution in [0.25, 0.3) is 0 Å².